The maximum absolute atomic E-state index is 11.9. The van der Waals surface area contributed by atoms with E-state index in [0.29, 0.717) is 13.1 Å². The Labute approximate surface area is 118 Å². The van der Waals surface area contributed by atoms with Gasteiger partial charge in [0.05, 0.1) is 18.8 Å². The van der Waals surface area contributed by atoms with Crippen LogP contribution in [-0.4, -0.2) is 36.7 Å². The van der Waals surface area contributed by atoms with Crippen molar-refractivity contribution in [3.63, 3.8) is 0 Å². The van der Waals surface area contributed by atoms with Crippen LogP contribution in [0.15, 0.2) is 16.5 Å². The summed E-state index contributed by atoms with van der Waals surface area (Å²) >= 11 is 1.74. The number of rotatable bonds is 6. The van der Waals surface area contributed by atoms with Crippen LogP contribution in [0.4, 0.5) is 0 Å². The van der Waals surface area contributed by atoms with Gasteiger partial charge in [-0.3, -0.25) is 4.79 Å². The Balaban J connectivity index is 1.68. The quantitative estimate of drug-likeness (QED) is 0.869. The molecule has 0 radical (unpaired) electrons. The fourth-order valence-electron chi connectivity index (χ4n) is 2.28. The highest BCUT2D eigenvalue weighted by Gasteiger charge is 2.15. The number of hydrogen-bond acceptors (Lipinski definition) is 4. The van der Waals surface area contributed by atoms with Crippen molar-refractivity contribution in [1.82, 2.24) is 10.2 Å². The van der Waals surface area contributed by atoms with E-state index in [1.165, 1.54) is 6.42 Å². The van der Waals surface area contributed by atoms with Gasteiger partial charge in [0, 0.05) is 13.1 Å². The molecule has 1 saturated heterocycles. The maximum atomic E-state index is 11.9. The van der Waals surface area contributed by atoms with Crippen molar-refractivity contribution in [2.45, 2.75) is 31.6 Å². The van der Waals surface area contributed by atoms with Crippen LogP contribution >= 0.6 is 11.8 Å². The molecule has 1 aliphatic rings. The first kappa shape index (κ1) is 14.5. The van der Waals surface area contributed by atoms with Crippen molar-refractivity contribution < 1.29 is 9.21 Å². The summed E-state index contributed by atoms with van der Waals surface area (Å²) in [6.07, 6.45) is 5.59. The van der Waals surface area contributed by atoms with Gasteiger partial charge < -0.3 is 14.6 Å². The zero-order valence-corrected chi connectivity index (χ0v) is 12.3. The molecule has 0 bridgehead atoms. The third kappa shape index (κ3) is 4.58. The van der Waals surface area contributed by atoms with Gasteiger partial charge in [0.1, 0.15) is 11.5 Å². The monoisotopic (exact) mass is 282 g/mol. The van der Waals surface area contributed by atoms with Crippen molar-refractivity contribution in [3.05, 3.63) is 23.7 Å². The van der Waals surface area contributed by atoms with Crippen LogP contribution in [-0.2, 0) is 17.1 Å². The van der Waals surface area contributed by atoms with Crippen LogP contribution in [0.3, 0.4) is 0 Å². The Morgan fingerprint density at radius 1 is 1.32 bits per heavy atom. The van der Waals surface area contributed by atoms with Gasteiger partial charge in [0.15, 0.2) is 0 Å². The molecule has 1 fully saturated rings. The molecule has 106 valence electrons. The summed E-state index contributed by atoms with van der Waals surface area (Å²) in [6.45, 7) is 2.85. The SMILES string of the molecule is CSCc1ccc(CNCC(=O)N2CCCCC2)o1. The number of amides is 1. The summed E-state index contributed by atoms with van der Waals surface area (Å²) in [4.78, 5) is 13.9. The lowest BCUT2D eigenvalue weighted by atomic mass is 10.1. The molecule has 0 saturated carbocycles. The summed E-state index contributed by atoms with van der Waals surface area (Å²) in [6, 6.07) is 3.98. The number of furan rings is 1. The summed E-state index contributed by atoms with van der Waals surface area (Å²) in [5.41, 5.74) is 0. The molecule has 1 N–H and O–H groups in total. The minimum absolute atomic E-state index is 0.204. The smallest absolute Gasteiger partial charge is 0.236 e. The Hall–Kier alpha value is -0.940. The van der Waals surface area contributed by atoms with Gasteiger partial charge in [-0.15, -0.1) is 0 Å². The predicted molar refractivity (Wildman–Crippen MR) is 78.1 cm³/mol. The molecule has 0 unspecified atom stereocenters. The zero-order chi connectivity index (χ0) is 13.5. The Morgan fingerprint density at radius 2 is 2.05 bits per heavy atom. The van der Waals surface area contributed by atoms with Crippen LogP contribution in [0.25, 0.3) is 0 Å². The van der Waals surface area contributed by atoms with Crippen LogP contribution in [0.5, 0.6) is 0 Å². The second kappa shape index (κ2) is 7.60. The maximum Gasteiger partial charge on any atom is 0.236 e. The standard InChI is InChI=1S/C14H22N2O2S/c1-19-11-13-6-5-12(18-13)9-15-10-14(17)16-7-3-2-4-8-16/h5-6,15H,2-4,7-11H2,1H3. The summed E-state index contributed by atoms with van der Waals surface area (Å²) in [7, 11) is 0. The van der Waals surface area contributed by atoms with Crippen molar-refractivity contribution in [3.8, 4) is 0 Å². The van der Waals surface area contributed by atoms with Gasteiger partial charge in [-0.25, -0.2) is 0 Å². The van der Waals surface area contributed by atoms with E-state index in [4.69, 9.17) is 4.42 Å². The largest absolute Gasteiger partial charge is 0.464 e. The fourth-order valence-corrected chi connectivity index (χ4v) is 2.72. The zero-order valence-electron chi connectivity index (χ0n) is 11.5. The van der Waals surface area contributed by atoms with Gasteiger partial charge in [-0.2, -0.15) is 11.8 Å². The van der Waals surface area contributed by atoms with Crippen LogP contribution in [0.2, 0.25) is 0 Å². The molecule has 2 rings (SSSR count). The highest BCUT2D eigenvalue weighted by atomic mass is 32.2. The second-order valence-corrected chi connectivity index (χ2v) is 5.71. The molecule has 0 aliphatic carbocycles. The topological polar surface area (TPSA) is 45.5 Å². The first-order chi connectivity index (χ1) is 9.29. The summed E-state index contributed by atoms with van der Waals surface area (Å²) < 4.78 is 5.64. The molecular weight excluding hydrogens is 260 g/mol. The average Bonchev–Trinajstić information content (AvgIpc) is 2.88. The molecule has 0 atom stereocenters. The Kier molecular flexibility index (Phi) is 5.79. The van der Waals surface area contributed by atoms with Gasteiger partial charge >= 0.3 is 0 Å². The molecule has 19 heavy (non-hydrogen) atoms. The number of piperidine rings is 1. The van der Waals surface area contributed by atoms with Gasteiger partial charge in [0.2, 0.25) is 5.91 Å². The molecule has 1 aromatic heterocycles. The van der Waals surface area contributed by atoms with Crippen molar-refractivity contribution >= 4 is 17.7 Å². The molecule has 0 aromatic carbocycles. The second-order valence-electron chi connectivity index (χ2n) is 4.85. The highest BCUT2D eigenvalue weighted by Crippen LogP contribution is 2.13. The van der Waals surface area contributed by atoms with Crippen molar-refractivity contribution in [2.24, 2.45) is 0 Å². The number of carbonyl (C=O) groups is 1. The predicted octanol–water partition coefficient (Wildman–Crippen LogP) is 2.24. The van der Waals surface area contributed by atoms with E-state index >= 15 is 0 Å². The van der Waals surface area contributed by atoms with E-state index in [-0.39, 0.29) is 5.91 Å². The number of nitrogens with one attached hydrogen (secondary N) is 1. The number of nitrogens with zero attached hydrogens (tertiary/aromatic N) is 1. The first-order valence-electron chi connectivity index (χ1n) is 6.84. The minimum atomic E-state index is 0.204. The average molecular weight is 282 g/mol. The van der Waals surface area contributed by atoms with Crippen molar-refractivity contribution in [2.75, 3.05) is 25.9 Å². The van der Waals surface area contributed by atoms with Crippen LogP contribution < -0.4 is 5.32 Å². The lowest BCUT2D eigenvalue weighted by Crippen LogP contribution is -2.40. The molecule has 2 heterocycles. The van der Waals surface area contributed by atoms with E-state index in [1.54, 1.807) is 11.8 Å². The molecule has 1 amide bonds. The first-order valence-corrected chi connectivity index (χ1v) is 8.24. The van der Waals surface area contributed by atoms with E-state index in [1.807, 2.05) is 17.0 Å². The number of thioether (sulfide) groups is 1. The normalized spacial score (nSPS) is 15.7. The highest BCUT2D eigenvalue weighted by molar-refractivity contribution is 7.97. The molecular formula is C14H22N2O2S. The van der Waals surface area contributed by atoms with Gasteiger partial charge in [0.25, 0.3) is 0 Å². The van der Waals surface area contributed by atoms with Crippen LogP contribution in [0.1, 0.15) is 30.8 Å². The molecule has 0 spiro atoms. The third-order valence-electron chi connectivity index (χ3n) is 3.29. The lowest BCUT2D eigenvalue weighted by molar-refractivity contribution is -0.131. The van der Waals surface area contributed by atoms with Crippen LogP contribution in [0, 0.1) is 0 Å². The molecule has 1 aromatic rings. The molecule has 5 heteroatoms. The minimum Gasteiger partial charge on any atom is -0.464 e. The van der Waals surface area contributed by atoms with E-state index in [0.717, 1.165) is 43.2 Å². The van der Waals surface area contributed by atoms with E-state index < -0.39 is 0 Å². The van der Waals surface area contributed by atoms with Gasteiger partial charge in [-0.05, 0) is 37.7 Å². The lowest BCUT2D eigenvalue weighted by Gasteiger charge is -2.26. The Morgan fingerprint density at radius 3 is 2.79 bits per heavy atom. The van der Waals surface area contributed by atoms with Crippen molar-refractivity contribution in [1.29, 1.82) is 0 Å². The molecule has 1 aliphatic heterocycles. The Bertz CT molecular complexity index is 400. The number of hydrogen-bond donors (Lipinski definition) is 1. The van der Waals surface area contributed by atoms with Gasteiger partial charge in [-0.1, -0.05) is 0 Å². The number of carbonyl (C=O) groups excluding carboxylic acids is 1. The van der Waals surface area contributed by atoms with E-state index in [2.05, 4.69) is 11.6 Å². The summed E-state index contributed by atoms with van der Waals surface area (Å²) in [5.74, 6) is 2.99. The molecule has 4 nitrogen and oxygen atoms in total. The third-order valence-corrected chi connectivity index (χ3v) is 3.86. The fraction of sp³-hybridized carbons (Fsp3) is 0.643. The summed E-state index contributed by atoms with van der Waals surface area (Å²) in [5, 5.41) is 3.16. The number of likely N-dealkylation sites (tertiary alicyclic amines) is 1. The van der Waals surface area contributed by atoms with E-state index in [9.17, 15) is 4.79 Å².